The zero-order valence-corrected chi connectivity index (χ0v) is 7.43. The molecular weight excluding hydrogens is 170 g/mol. The first-order chi connectivity index (χ1) is 5.02. The highest BCUT2D eigenvalue weighted by Crippen LogP contribution is 1.96. The highest BCUT2D eigenvalue weighted by atomic mass is 32.2. The van der Waals surface area contributed by atoms with Gasteiger partial charge in [0.15, 0.2) is 0 Å². The molecule has 0 aliphatic carbocycles. The van der Waals surface area contributed by atoms with E-state index in [1.54, 1.807) is 0 Å². The van der Waals surface area contributed by atoms with Crippen molar-refractivity contribution in [3.05, 3.63) is 0 Å². The standard InChI is InChI=1S/C5H13NO4S/c1-9-3-5(4-10-2)11(6,7)8/h5H,3-4H2,1-2H3,(H2,6,7,8). The van der Waals surface area contributed by atoms with E-state index in [0.717, 1.165) is 0 Å². The second-order valence-corrected chi connectivity index (χ2v) is 3.97. The van der Waals surface area contributed by atoms with Gasteiger partial charge in [-0.1, -0.05) is 0 Å². The first-order valence-electron chi connectivity index (χ1n) is 3.02. The maximum Gasteiger partial charge on any atom is 0.216 e. The van der Waals surface area contributed by atoms with Crippen LogP contribution in [-0.4, -0.2) is 41.1 Å². The fourth-order valence-corrected chi connectivity index (χ4v) is 1.26. The summed E-state index contributed by atoms with van der Waals surface area (Å²) in [5.41, 5.74) is 0. The Kier molecular flexibility index (Phi) is 4.58. The van der Waals surface area contributed by atoms with E-state index in [2.05, 4.69) is 9.47 Å². The topological polar surface area (TPSA) is 78.6 Å². The molecule has 0 aromatic rings. The lowest BCUT2D eigenvalue weighted by molar-refractivity contribution is 0.141. The van der Waals surface area contributed by atoms with Gasteiger partial charge in [-0.15, -0.1) is 0 Å². The summed E-state index contributed by atoms with van der Waals surface area (Å²) in [6.07, 6.45) is 0. The van der Waals surface area contributed by atoms with Gasteiger partial charge < -0.3 is 9.47 Å². The third-order valence-corrected chi connectivity index (χ3v) is 2.37. The predicted octanol–water partition coefficient (Wildman–Crippen LogP) is -1.06. The quantitative estimate of drug-likeness (QED) is 0.589. The van der Waals surface area contributed by atoms with Gasteiger partial charge in [0.1, 0.15) is 5.25 Å². The van der Waals surface area contributed by atoms with Crippen molar-refractivity contribution < 1.29 is 17.9 Å². The van der Waals surface area contributed by atoms with Crippen molar-refractivity contribution in [2.24, 2.45) is 5.14 Å². The molecule has 2 N–H and O–H groups in total. The van der Waals surface area contributed by atoms with Gasteiger partial charge in [-0.25, -0.2) is 13.6 Å². The maximum absolute atomic E-state index is 10.7. The van der Waals surface area contributed by atoms with E-state index in [1.165, 1.54) is 14.2 Å². The summed E-state index contributed by atoms with van der Waals surface area (Å²) < 4.78 is 30.7. The predicted molar refractivity (Wildman–Crippen MR) is 40.6 cm³/mol. The Labute approximate surface area is 66.5 Å². The molecule has 0 fully saturated rings. The van der Waals surface area contributed by atoms with E-state index < -0.39 is 15.3 Å². The summed E-state index contributed by atoms with van der Waals surface area (Å²) in [7, 11) is -0.718. The number of primary sulfonamides is 1. The molecule has 0 spiro atoms. The largest absolute Gasteiger partial charge is 0.383 e. The molecule has 0 aromatic carbocycles. The highest BCUT2D eigenvalue weighted by Gasteiger charge is 2.20. The van der Waals surface area contributed by atoms with Crippen molar-refractivity contribution in [2.75, 3.05) is 27.4 Å². The first-order valence-corrected chi connectivity index (χ1v) is 4.62. The minimum atomic E-state index is -3.54. The van der Waals surface area contributed by atoms with Crippen LogP contribution in [0.1, 0.15) is 0 Å². The molecule has 11 heavy (non-hydrogen) atoms. The summed E-state index contributed by atoms with van der Waals surface area (Å²) in [6.45, 7) is 0.124. The normalized spacial score (nSPS) is 12.4. The molecule has 0 saturated heterocycles. The number of rotatable bonds is 5. The van der Waals surface area contributed by atoms with Crippen LogP contribution in [0.5, 0.6) is 0 Å². The van der Waals surface area contributed by atoms with Crippen molar-refractivity contribution in [3.8, 4) is 0 Å². The van der Waals surface area contributed by atoms with Crippen LogP contribution in [0.25, 0.3) is 0 Å². The van der Waals surface area contributed by atoms with Gasteiger partial charge in [-0.2, -0.15) is 0 Å². The van der Waals surface area contributed by atoms with Crippen LogP contribution in [0.3, 0.4) is 0 Å². The molecule has 0 rings (SSSR count). The molecule has 5 nitrogen and oxygen atoms in total. The lowest BCUT2D eigenvalue weighted by Gasteiger charge is -2.11. The van der Waals surface area contributed by atoms with Gasteiger partial charge >= 0.3 is 0 Å². The van der Waals surface area contributed by atoms with E-state index in [-0.39, 0.29) is 13.2 Å². The third kappa shape index (κ3) is 4.31. The van der Waals surface area contributed by atoms with Gasteiger partial charge in [0.25, 0.3) is 0 Å². The van der Waals surface area contributed by atoms with E-state index in [1.807, 2.05) is 0 Å². The van der Waals surface area contributed by atoms with Crippen LogP contribution in [-0.2, 0) is 19.5 Å². The summed E-state index contributed by atoms with van der Waals surface area (Å²) in [5, 5.41) is 4.10. The van der Waals surface area contributed by atoms with Crippen molar-refractivity contribution in [3.63, 3.8) is 0 Å². The average Bonchev–Trinajstić information content (AvgIpc) is 1.85. The molecule has 0 bridgehead atoms. The number of hydrogen-bond acceptors (Lipinski definition) is 4. The summed E-state index contributed by atoms with van der Waals surface area (Å²) in [6, 6.07) is 0. The summed E-state index contributed by atoms with van der Waals surface area (Å²) >= 11 is 0. The monoisotopic (exact) mass is 183 g/mol. The zero-order valence-electron chi connectivity index (χ0n) is 6.61. The fourth-order valence-electron chi connectivity index (χ4n) is 0.610. The Bertz CT molecular complexity index is 183. The number of methoxy groups -OCH3 is 2. The fraction of sp³-hybridized carbons (Fsp3) is 1.00. The zero-order chi connectivity index (χ0) is 8.91. The lowest BCUT2D eigenvalue weighted by Crippen LogP contribution is -2.35. The Balaban J connectivity index is 4.11. The minimum absolute atomic E-state index is 0.0622. The van der Waals surface area contributed by atoms with Crippen molar-refractivity contribution >= 4 is 10.0 Å². The minimum Gasteiger partial charge on any atom is -0.383 e. The van der Waals surface area contributed by atoms with Crippen molar-refractivity contribution in [1.82, 2.24) is 0 Å². The number of sulfonamides is 1. The molecule has 68 valence electrons. The summed E-state index contributed by atoms with van der Waals surface area (Å²) in [5.74, 6) is 0. The SMILES string of the molecule is COCC(COC)S(N)(=O)=O. The second kappa shape index (κ2) is 4.66. The Morgan fingerprint density at radius 2 is 1.64 bits per heavy atom. The molecule has 0 radical (unpaired) electrons. The molecular formula is C5H13NO4S. The van der Waals surface area contributed by atoms with Gasteiger partial charge in [0.2, 0.25) is 10.0 Å². The highest BCUT2D eigenvalue weighted by molar-refractivity contribution is 7.89. The number of hydrogen-bond donors (Lipinski definition) is 1. The van der Waals surface area contributed by atoms with Crippen LogP contribution >= 0.6 is 0 Å². The van der Waals surface area contributed by atoms with E-state index in [0.29, 0.717) is 0 Å². The molecule has 0 saturated carbocycles. The van der Waals surface area contributed by atoms with E-state index in [4.69, 9.17) is 5.14 Å². The van der Waals surface area contributed by atoms with E-state index in [9.17, 15) is 8.42 Å². The smallest absolute Gasteiger partial charge is 0.216 e. The van der Waals surface area contributed by atoms with Crippen LogP contribution < -0.4 is 5.14 Å². The second-order valence-electron chi connectivity index (χ2n) is 2.12. The third-order valence-electron chi connectivity index (χ3n) is 1.17. The average molecular weight is 183 g/mol. The number of ether oxygens (including phenoxy) is 2. The van der Waals surface area contributed by atoms with E-state index >= 15 is 0 Å². The Morgan fingerprint density at radius 3 is 1.82 bits per heavy atom. The van der Waals surface area contributed by atoms with Gasteiger partial charge in [0, 0.05) is 14.2 Å². The molecule has 0 atom stereocenters. The van der Waals surface area contributed by atoms with Crippen LogP contribution in [0.4, 0.5) is 0 Å². The maximum atomic E-state index is 10.7. The van der Waals surface area contributed by atoms with Crippen molar-refractivity contribution in [1.29, 1.82) is 0 Å². The van der Waals surface area contributed by atoms with Crippen LogP contribution in [0, 0.1) is 0 Å². The lowest BCUT2D eigenvalue weighted by atomic mass is 10.5. The van der Waals surface area contributed by atoms with Crippen molar-refractivity contribution in [2.45, 2.75) is 5.25 Å². The number of nitrogens with two attached hydrogens (primary N) is 1. The Morgan fingerprint density at radius 1 is 1.27 bits per heavy atom. The molecule has 0 aliphatic rings. The molecule has 0 unspecified atom stereocenters. The van der Waals surface area contributed by atoms with Crippen LogP contribution in [0.15, 0.2) is 0 Å². The molecule has 0 aliphatic heterocycles. The van der Waals surface area contributed by atoms with Gasteiger partial charge in [-0.05, 0) is 0 Å². The van der Waals surface area contributed by atoms with Gasteiger partial charge in [-0.3, -0.25) is 0 Å². The molecule has 6 heteroatoms. The summed E-state index contributed by atoms with van der Waals surface area (Å²) in [4.78, 5) is 0. The molecule has 0 aromatic heterocycles. The Hall–Kier alpha value is -0.170. The van der Waals surface area contributed by atoms with Crippen LogP contribution in [0.2, 0.25) is 0 Å². The molecule has 0 heterocycles. The molecule has 0 amide bonds. The first kappa shape index (κ1) is 10.8. The van der Waals surface area contributed by atoms with Gasteiger partial charge in [0.05, 0.1) is 13.2 Å².